The number of allylic oxidation sites excluding steroid dienone is 4. The predicted molar refractivity (Wildman–Crippen MR) is 354 cm³/mol. The van der Waals surface area contributed by atoms with E-state index in [1.165, 1.54) is 89.0 Å². The van der Waals surface area contributed by atoms with Crippen LogP contribution < -0.4 is 9.97 Å². The van der Waals surface area contributed by atoms with Crippen molar-refractivity contribution in [2.75, 3.05) is 0 Å². The molecule has 6 aromatic carbocycles. The Balaban J connectivity index is 0.000000214. The molecule has 4 heterocycles. The third-order valence-electron chi connectivity index (χ3n) is 16.1. The molecule has 0 spiro atoms. The summed E-state index contributed by atoms with van der Waals surface area (Å²) in [5.74, 6) is 0. The summed E-state index contributed by atoms with van der Waals surface area (Å²) in [5.41, 5.74) is 32.7. The minimum absolute atomic E-state index is 0. The van der Waals surface area contributed by atoms with Crippen molar-refractivity contribution in [1.82, 2.24) is 9.97 Å². The SMILES string of the molecule is CC1=CC(C)=N/C1=C(/c1cc(-c2ccc(C(C)(C)C)cc2)cc(-c2ccc(C(C)(C)C)cc2)c1)c1[n-]c(C)cc1C.CC1=CC(C)=N/C1=C(/c1cc(-c2ccc(C(C)(C)C)cc2)cc(-c2ccc(C(C)(C)C)cc2)c1)c1[n-]c(C)cc1C.[Zn+2]. The molecule has 10 rings (SSSR count). The molecule has 0 fully saturated rings. The van der Waals surface area contributed by atoms with E-state index in [0.29, 0.717) is 0 Å². The van der Waals surface area contributed by atoms with Crippen LogP contribution in [0.25, 0.3) is 55.7 Å². The third-order valence-corrected chi connectivity index (χ3v) is 16.1. The van der Waals surface area contributed by atoms with Crippen molar-refractivity contribution in [2.24, 2.45) is 9.98 Å². The molecule has 0 saturated carbocycles. The third kappa shape index (κ3) is 13.9. The number of hydrogen-bond donors (Lipinski definition) is 0. The van der Waals surface area contributed by atoms with Gasteiger partial charge in [0.15, 0.2) is 0 Å². The van der Waals surface area contributed by atoms with Gasteiger partial charge >= 0.3 is 19.5 Å². The first kappa shape index (κ1) is 61.9. The van der Waals surface area contributed by atoms with Gasteiger partial charge in [0.05, 0.1) is 11.4 Å². The van der Waals surface area contributed by atoms with Crippen LogP contribution in [0.2, 0.25) is 0 Å². The van der Waals surface area contributed by atoms with Gasteiger partial charge in [0.1, 0.15) is 0 Å². The fourth-order valence-electron chi connectivity index (χ4n) is 11.4. The van der Waals surface area contributed by atoms with Crippen molar-refractivity contribution in [1.29, 1.82) is 0 Å². The van der Waals surface area contributed by atoms with E-state index in [4.69, 9.17) is 20.0 Å². The van der Waals surface area contributed by atoms with Gasteiger partial charge in [-0.1, -0.05) is 217 Å². The summed E-state index contributed by atoms with van der Waals surface area (Å²) in [4.78, 5) is 20.1. The van der Waals surface area contributed by atoms with Crippen LogP contribution in [0.15, 0.2) is 190 Å². The number of nitrogens with zero attached hydrogens (tertiary/aromatic N) is 4. The van der Waals surface area contributed by atoms with Crippen LogP contribution in [0.4, 0.5) is 0 Å². The molecule has 0 aliphatic carbocycles. The van der Waals surface area contributed by atoms with Gasteiger partial charge in [-0.3, -0.25) is 9.98 Å². The molecule has 2 aliphatic heterocycles. The van der Waals surface area contributed by atoms with E-state index < -0.39 is 0 Å². The van der Waals surface area contributed by atoms with Gasteiger partial charge in [-0.2, -0.15) is 11.4 Å². The maximum atomic E-state index is 5.02. The molecule has 8 aromatic rings. The van der Waals surface area contributed by atoms with E-state index in [2.05, 4.69) is 296 Å². The van der Waals surface area contributed by atoms with E-state index >= 15 is 0 Å². The van der Waals surface area contributed by atoms with Crippen molar-refractivity contribution in [3.05, 3.63) is 248 Å². The average molecular weight is 1140 g/mol. The Morgan fingerprint density at radius 1 is 0.313 bits per heavy atom. The summed E-state index contributed by atoms with van der Waals surface area (Å²) in [7, 11) is 0. The number of aryl methyl sites for hydroxylation is 4. The molecule has 5 heteroatoms. The topological polar surface area (TPSA) is 52.9 Å². The predicted octanol–water partition coefficient (Wildman–Crippen LogP) is 20.7. The van der Waals surface area contributed by atoms with Crippen LogP contribution >= 0.6 is 0 Å². The summed E-state index contributed by atoms with van der Waals surface area (Å²) in [6.45, 7) is 44.0. The molecule has 0 amide bonds. The van der Waals surface area contributed by atoms with Gasteiger partial charge in [0, 0.05) is 11.4 Å². The number of rotatable bonds is 8. The minimum Gasteiger partial charge on any atom is -0.661 e. The summed E-state index contributed by atoms with van der Waals surface area (Å²) < 4.78 is 0. The molecule has 0 saturated heterocycles. The number of benzene rings is 6. The van der Waals surface area contributed by atoms with Gasteiger partial charge in [0.2, 0.25) is 0 Å². The quantitative estimate of drug-likeness (QED) is 0.142. The zero-order chi connectivity index (χ0) is 59.4. The molecule has 0 unspecified atom stereocenters. The Kier molecular flexibility index (Phi) is 17.7. The smallest absolute Gasteiger partial charge is 0.661 e. The van der Waals surface area contributed by atoms with E-state index in [9.17, 15) is 0 Å². The molecule has 0 bridgehead atoms. The standard InChI is InChI=1S/2C39H43N2.Zn/c2*1-24-19-26(3)40-36(24)35(37-25(2)20-27(4)41-37)32-22-30(28-11-15-33(16-12-28)38(5,6)7)21-31(23-32)29-13-17-34(18-14-29)39(8,9)10;/h2*11-23H,1-10H3;/q2*-1;+2/b2*36-35-;. The van der Waals surface area contributed by atoms with Crippen molar-refractivity contribution in [2.45, 2.75) is 160 Å². The summed E-state index contributed by atoms with van der Waals surface area (Å²) in [5, 5.41) is 0. The Morgan fingerprint density at radius 2 is 0.554 bits per heavy atom. The van der Waals surface area contributed by atoms with Crippen LogP contribution in [-0.4, -0.2) is 11.4 Å². The van der Waals surface area contributed by atoms with E-state index in [1.54, 1.807) is 0 Å². The Morgan fingerprint density at radius 3 is 0.735 bits per heavy atom. The fourth-order valence-corrected chi connectivity index (χ4v) is 11.4. The van der Waals surface area contributed by atoms with Gasteiger partial charge < -0.3 is 9.97 Å². The monoisotopic (exact) mass is 1140 g/mol. The van der Waals surface area contributed by atoms with E-state index in [-0.39, 0.29) is 41.1 Å². The van der Waals surface area contributed by atoms with Gasteiger partial charge in [-0.05, 0) is 212 Å². The van der Waals surface area contributed by atoms with Crippen LogP contribution in [0.1, 0.15) is 178 Å². The zero-order valence-corrected chi connectivity index (χ0v) is 56.5. The van der Waals surface area contributed by atoms with Crippen LogP contribution in [0.3, 0.4) is 0 Å². The molecule has 2 aromatic heterocycles. The first-order valence-corrected chi connectivity index (χ1v) is 29.3. The molecule has 0 radical (unpaired) electrons. The minimum atomic E-state index is 0. The van der Waals surface area contributed by atoms with Crippen molar-refractivity contribution >= 4 is 22.6 Å². The Labute approximate surface area is 511 Å². The van der Waals surface area contributed by atoms with Crippen LogP contribution in [0, 0.1) is 27.7 Å². The molecule has 4 nitrogen and oxygen atoms in total. The molecular weight excluding hydrogens is 1060 g/mol. The van der Waals surface area contributed by atoms with Crippen molar-refractivity contribution in [3.63, 3.8) is 0 Å². The Bertz CT molecular complexity index is 3490. The zero-order valence-electron chi connectivity index (χ0n) is 53.5. The Hall–Kier alpha value is -7.20. The summed E-state index contributed by atoms with van der Waals surface area (Å²) in [6.07, 6.45) is 4.34. The first-order chi connectivity index (χ1) is 38.4. The maximum absolute atomic E-state index is 5.02. The van der Waals surface area contributed by atoms with Gasteiger partial charge in [-0.15, -0.1) is 11.4 Å². The van der Waals surface area contributed by atoms with Gasteiger partial charge in [0.25, 0.3) is 0 Å². The van der Waals surface area contributed by atoms with E-state index in [1.807, 2.05) is 0 Å². The number of aliphatic imine (C=N–C) groups is 2. The molecular formula is C78H86N4Zn. The normalized spacial score (nSPS) is 15.0. The molecule has 2 aliphatic rings. The van der Waals surface area contributed by atoms with Crippen LogP contribution in [-0.2, 0) is 41.1 Å². The number of hydrogen-bond acceptors (Lipinski definition) is 2. The molecule has 0 atom stereocenters. The molecule has 83 heavy (non-hydrogen) atoms. The summed E-state index contributed by atoms with van der Waals surface area (Å²) >= 11 is 0. The molecule has 0 N–H and O–H groups in total. The second-order valence-corrected chi connectivity index (χ2v) is 27.4. The van der Waals surface area contributed by atoms with Crippen molar-refractivity contribution in [3.8, 4) is 44.5 Å². The van der Waals surface area contributed by atoms with Crippen LogP contribution in [0.5, 0.6) is 0 Å². The second-order valence-electron chi connectivity index (χ2n) is 27.4. The largest absolute Gasteiger partial charge is 2.00 e. The number of aromatic nitrogens is 2. The fraction of sp³-hybridized carbons (Fsp3) is 0.308. The summed E-state index contributed by atoms with van der Waals surface area (Å²) in [6, 6.07) is 54.5. The molecule has 420 valence electrons. The van der Waals surface area contributed by atoms with Gasteiger partial charge in [-0.25, -0.2) is 0 Å². The average Bonchev–Trinajstić information content (AvgIpc) is 4.39. The first-order valence-electron chi connectivity index (χ1n) is 29.3. The maximum Gasteiger partial charge on any atom is 2.00 e. The van der Waals surface area contributed by atoms with E-state index in [0.717, 1.165) is 67.9 Å². The second kappa shape index (κ2) is 23.8. The van der Waals surface area contributed by atoms with Crippen molar-refractivity contribution < 1.29 is 19.5 Å².